The number of aromatic nitrogens is 1. The van der Waals surface area contributed by atoms with Gasteiger partial charge in [0.1, 0.15) is 18.1 Å². The van der Waals surface area contributed by atoms with E-state index in [1.165, 1.54) is 0 Å². The van der Waals surface area contributed by atoms with E-state index < -0.39 is 0 Å². The molecule has 1 aromatic carbocycles. The molecule has 0 aliphatic carbocycles. The van der Waals surface area contributed by atoms with E-state index in [9.17, 15) is 4.79 Å². The van der Waals surface area contributed by atoms with Gasteiger partial charge in [0, 0.05) is 22.3 Å². The van der Waals surface area contributed by atoms with Crippen molar-refractivity contribution in [2.75, 3.05) is 20.3 Å². The molecule has 0 aliphatic heterocycles. The van der Waals surface area contributed by atoms with E-state index in [-0.39, 0.29) is 5.78 Å². The fraction of sp³-hybridized carbons (Fsp3) is 0.200. The summed E-state index contributed by atoms with van der Waals surface area (Å²) in [6.45, 7) is 0.846. The second kappa shape index (κ2) is 7.68. The number of ketones is 1. The number of methoxy groups -OCH3 is 1. The third kappa shape index (κ3) is 4.12. The van der Waals surface area contributed by atoms with E-state index in [1.54, 1.807) is 37.6 Å². The van der Waals surface area contributed by atoms with E-state index in [1.807, 2.05) is 6.07 Å². The number of benzene rings is 1. The van der Waals surface area contributed by atoms with Crippen LogP contribution < -0.4 is 4.74 Å². The Morgan fingerprint density at radius 3 is 2.71 bits per heavy atom. The molecule has 2 rings (SSSR count). The maximum Gasteiger partial charge on any atom is 0.216 e. The lowest BCUT2D eigenvalue weighted by molar-refractivity contribution is 0.102. The normalized spacial score (nSPS) is 10.4. The first-order valence-electron chi connectivity index (χ1n) is 6.20. The maximum absolute atomic E-state index is 12.6. The summed E-state index contributed by atoms with van der Waals surface area (Å²) in [5.41, 5.74) is 0.824. The van der Waals surface area contributed by atoms with Crippen LogP contribution >= 0.6 is 31.9 Å². The van der Waals surface area contributed by atoms with Crippen molar-refractivity contribution >= 4 is 37.6 Å². The van der Waals surface area contributed by atoms with Crippen molar-refractivity contribution in [2.24, 2.45) is 0 Å². The smallest absolute Gasteiger partial charge is 0.216 e. The van der Waals surface area contributed by atoms with Crippen LogP contribution in [0.15, 0.2) is 45.5 Å². The van der Waals surface area contributed by atoms with E-state index in [4.69, 9.17) is 9.47 Å². The van der Waals surface area contributed by atoms with E-state index in [2.05, 4.69) is 36.8 Å². The van der Waals surface area contributed by atoms with E-state index >= 15 is 0 Å². The zero-order valence-corrected chi connectivity index (χ0v) is 14.5. The second-order valence-corrected chi connectivity index (χ2v) is 5.92. The molecule has 0 unspecified atom stereocenters. The summed E-state index contributed by atoms with van der Waals surface area (Å²) in [5, 5.41) is 0. The van der Waals surface area contributed by atoms with Gasteiger partial charge in [-0.25, -0.2) is 0 Å². The first kappa shape index (κ1) is 16.1. The quantitative estimate of drug-likeness (QED) is 0.531. The van der Waals surface area contributed by atoms with Crippen molar-refractivity contribution in [2.45, 2.75) is 0 Å². The second-order valence-electron chi connectivity index (χ2n) is 4.15. The van der Waals surface area contributed by atoms with Crippen LogP contribution in [0.3, 0.4) is 0 Å². The van der Waals surface area contributed by atoms with Crippen LogP contribution in [0.25, 0.3) is 0 Å². The van der Waals surface area contributed by atoms with Crippen LogP contribution in [-0.2, 0) is 4.74 Å². The average molecular weight is 415 g/mol. The molecule has 0 radical (unpaired) electrons. The maximum atomic E-state index is 12.6. The molecule has 110 valence electrons. The number of hydrogen-bond donors (Lipinski definition) is 0. The SMILES string of the molecule is COCCOc1ccccc1C(=O)c1ncc(Br)cc1Br. The molecular formula is C15H13Br2NO3. The number of pyridine rings is 1. The number of halogens is 2. The van der Waals surface area contributed by atoms with Crippen molar-refractivity contribution in [3.05, 3.63) is 56.7 Å². The number of carbonyl (C=O) groups is 1. The van der Waals surface area contributed by atoms with Crippen LogP contribution in [0.2, 0.25) is 0 Å². The minimum atomic E-state index is -0.192. The lowest BCUT2D eigenvalue weighted by Crippen LogP contribution is -2.10. The van der Waals surface area contributed by atoms with Gasteiger partial charge < -0.3 is 9.47 Å². The van der Waals surface area contributed by atoms with Crippen molar-refractivity contribution in [3.63, 3.8) is 0 Å². The summed E-state index contributed by atoms with van der Waals surface area (Å²) in [4.78, 5) is 16.8. The van der Waals surface area contributed by atoms with Crippen LogP contribution in [0.4, 0.5) is 0 Å². The van der Waals surface area contributed by atoms with E-state index in [0.29, 0.717) is 34.7 Å². The topological polar surface area (TPSA) is 48.4 Å². The third-order valence-corrected chi connectivity index (χ3v) is 3.74. The van der Waals surface area contributed by atoms with Crippen LogP contribution in [0.1, 0.15) is 16.1 Å². The fourth-order valence-corrected chi connectivity index (χ4v) is 2.89. The molecule has 21 heavy (non-hydrogen) atoms. The van der Waals surface area contributed by atoms with Gasteiger partial charge >= 0.3 is 0 Å². The highest BCUT2D eigenvalue weighted by molar-refractivity contribution is 9.11. The number of ether oxygens (including phenoxy) is 2. The summed E-state index contributed by atoms with van der Waals surface area (Å²) >= 11 is 6.68. The predicted molar refractivity (Wildman–Crippen MR) is 86.9 cm³/mol. The van der Waals surface area contributed by atoms with Crippen LogP contribution in [0, 0.1) is 0 Å². The molecule has 0 amide bonds. The summed E-state index contributed by atoms with van der Waals surface area (Å²) in [5.74, 6) is 0.332. The Kier molecular flexibility index (Phi) is 5.90. The molecule has 1 heterocycles. The third-order valence-electron chi connectivity index (χ3n) is 2.70. The molecule has 1 aromatic heterocycles. The Bertz CT molecular complexity index is 647. The molecule has 0 saturated carbocycles. The molecule has 0 N–H and O–H groups in total. The zero-order valence-electron chi connectivity index (χ0n) is 11.3. The summed E-state index contributed by atoms with van der Waals surface area (Å²) < 4.78 is 12.0. The zero-order chi connectivity index (χ0) is 15.2. The molecule has 2 aromatic rings. The van der Waals surface area contributed by atoms with Crippen molar-refractivity contribution < 1.29 is 14.3 Å². The molecule has 0 bridgehead atoms. The van der Waals surface area contributed by atoms with Gasteiger partial charge in [0.15, 0.2) is 0 Å². The molecule has 0 atom stereocenters. The van der Waals surface area contributed by atoms with Crippen molar-refractivity contribution in [3.8, 4) is 5.75 Å². The summed E-state index contributed by atoms with van der Waals surface area (Å²) in [7, 11) is 1.60. The van der Waals surface area contributed by atoms with Crippen LogP contribution in [-0.4, -0.2) is 31.1 Å². The molecular weight excluding hydrogens is 402 g/mol. The Morgan fingerprint density at radius 1 is 1.24 bits per heavy atom. The summed E-state index contributed by atoms with van der Waals surface area (Å²) in [6, 6.07) is 8.89. The number of nitrogens with zero attached hydrogens (tertiary/aromatic N) is 1. The average Bonchev–Trinajstić information content (AvgIpc) is 2.47. The first-order valence-corrected chi connectivity index (χ1v) is 7.78. The van der Waals surface area contributed by atoms with Gasteiger partial charge in [-0.05, 0) is 50.1 Å². The highest BCUT2D eigenvalue weighted by Gasteiger charge is 2.18. The van der Waals surface area contributed by atoms with Gasteiger partial charge in [0.25, 0.3) is 0 Å². The van der Waals surface area contributed by atoms with Gasteiger partial charge in [-0.3, -0.25) is 9.78 Å². The Hall–Kier alpha value is -1.24. The molecule has 6 heteroatoms. The molecule has 0 fully saturated rings. The molecule has 0 aliphatic rings. The van der Waals surface area contributed by atoms with Crippen LogP contribution in [0.5, 0.6) is 5.75 Å². The van der Waals surface area contributed by atoms with Crippen molar-refractivity contribution in [1.29, 1.82) is 0 Å². The Balaban J connectivity index is 2.30. The Labute approximate surface area is 139 Å². The number of hydrogen-bond acceptors (Lipinski definition) is 4. The fourth-order valence-electron chi connectivity index (χ4n) is 1.72. The lowest BCUT2D eigenvalue weighted by Gasteiger charge is -2.10. The molecule has 4 nitrogen and oxygen atoms in total. The van der Waals surface area contributed by atoms with Gasteiger partial charge in [0.05, 0.1) is 12.2 Å². The summed E-state index contributed by atoms with van der Waals surface area (Å²) in [6.07, 6.45) is 1.59. The largest absolute Gasteiger partial charge is 0.490 e. The highest BCUT2D eigenvalue weighted by atomic mass is 79.9. The molecule has 0 saturated heterocycles. The number of para-hydroxylation sites is 1. The minimum absolute atomic E-state index is 0.192. The van der Waals surface area contributed by atoms with Gasteiger partial charge in [-0.15, -0.1) is 0 Å². The lowest BCUT2D eigenvalue weighted by atomic mass is 10.1. The standard InChI is InChI=1S/C15H13Br2NO3/c1-20-6-7-21-13-5-3-2-4-11(13)15(19)14-12(17)8-10(16)9-18-14/h2-5,8-9H,6-7H2,1H3. The van der Waals surface area contributed by atoms with Crippen molar-refractivity contribution in [1.82, 2.24) is 4.98 Å². The molecule has 0 spiro atoms. The monoisotopic (exact) mass is 413 g/mol. The van der Waals surface area contributed by atoms with Gasteiger partial charge in [-0.2, -0.15) is 0 Å². The highest BCUT2D eigenvalue weighted by Crippen LogP contribution is 2.26. The Morgan fingerprint density at radius 2 is 2.00 bits per heavy atom. The van der Waals surface area contributed by atoms with Gasteiger partial charge in [-0.1, -0.05) is 12.1 Å². The first-order chi connectivity index (χ1) is 10.1. The minimum Gasteiger partial charge on any atom is -0.490 e. The van der Waals surface area contributed by atoms with E-state index in [0.717, 1.165) is 4.47 Å². The number of carbonyl (C=O) groups excluding carboxylic acids is 1. The number of rotatable bonds is 6. The predicted octanol–water partition coefficient (Wildman–Crippen LogP) is 3.86. The van der Waals surface area contributed by atoms with Gasteiger partial charge in [0.2, 0.25) is 5.78 Å².